The number of halogens is 5. The van der Waals surface area contributed by atoms with Gasteiger partial charge in [-0.1, -0.05) is 32.1 Å². The number of benzene rings is 2. The Morgan fingerprint density at radius 3 is 2.32 bits per heavy atom. The molecule has 1 aliphatic heterocycles. The highest BCUT2D eigenvalue weighted by Gasteiger charge is 2.57. The monoisotopic (exact) mass is 441 g/mol. The summed E-state index contributed by atoms with van der Waals surface area (Å²) in [4.78, 5) is 1.30. The number of alkyl halides is 3. The number of hydrogen-bond donors (Lipinski definition) is 1. The first-order valence-corrected chi connectivity index (χ1v) is 9.70. The standard InChI is InChI=1S/C23H24F5NO2/c1-21(2,18-11-16(24)8-9-20(18)31-3)13-22(30,23(26,27)28)14-29-10-4-5-15-6-7-17(25)12-19(15)29/h4-9,11-12,30H,10,13-14H2,1-3H3. The Balaban J connectivity index is 1.99. The Morgan fingerprint density at radius 1 is 1.03 bits per heavy atom. The molecule has 0 bridgehead atoms. The van der Waals surface area contributed by atoms with E-state index in [-0.39, 0.29) is 23.5 Å². The zero-order valence-electron chi connectivity index (χ0n) is 17.4. The van der Waals surface area contributed by atoms with Crippen LogP contribution in [0.5, 0.6) is 5.75 Å². The number of fused-ring (bicyclic) bond motifs is 1. The van der Waals surface area contributed by atoms with Gasteiger partial charge in [0.05, 0.1) is 13.7 Å². The average molecular weight is 441 g/mol. The molecule has 0 amide bonds. The van der Waals surface area contributed by atoms with Crippen molar-refractivity contribution in [3.63, 3.8) is 0 Å². The molecule has 0 radical (unpaired) electrons. The van der Waals surface area contributed by atoms with E-state index in [0.717, 1.165) is 18.2 Å². The minimum Gasteiger partial charge on any atom is -0.496 e. The van der Waals surface area contributed by atoms with Crippen LogP contribution in [0.15, 0.2) is 42.5 Å². The fourth-order valence-corrected chi connectivity index (χ4v) is 4.08. The van der Waals surface area contributed by atoms with Crippen LogP contribution in [0.25, 0.3) is 6.08 Å². The van der Waals surface area contributed by atoms with E-state index < -0.39 is 41.8 Å². The van der Waals surface area contributed by atoms with Crippen LogP contribution < -0.4 is 9.64 Å². The molecule has 0 aromatic heterocycles. The lowest BCUT2D eigenvalue weighted by atomic mass is 9.74. The summed E-state index contributed by atoms with van der Waals surface area (Å²) in [7, 11) is 1.34. The third-order valence-electron chi connectivity index (χ3n) is 5.56. The number of aliphatic hydroxyl groups is 1. The number of anilines is 1. The molecule has 8 heteroatoms. The smallest absolute Gasteiger partial charge is 0.418 e. The first-order valence-electron chi connectivity index (χ1n) is 9.70. The van der Waals surface area contributed by atoms with Crippen molar-refractivity contribution in [3.8, 4) is 5.75 Å². The Bertz CT molecular complexity index is 986. The van der Waals surface area contributed by atoms with E-state index in [1.165, 1.54) is 44.1 Å². The van der Waals surface area contributed by atoms with E-state index >= 15 is 0 Å². The fraction of sp³-hybridized carbons (Fsp3) is 0.391. The lowest BCUT2D eigenvalue weighted by Gasteiger charge is -2.42. The molecule has 1 heterocycles. The number of β-amino-alcohol motifs (C(OH)–C–C–N with tert-alkyl or cyclic N) is 1. The molecule has 3 rings (SSSR count). The third kappa shape index (κ3) is 4.69. The SMILES string of the molecule is COc1ccc(F)cc1C(C)(C)CC(O)(CN1CC=Cc2ccc(F)cc21)C(F)(F)F. The lowest BCUT2D eigenvalue weighted by Crippen LogP contribution is -2.56. The van der Waals surface area contributed by atoms with Crippen LogP contribution in [0.2, 0.25) is 0 Å². The van der Waals surface area contributed by atoms with Crippen molar-refractivity contribution >= 4 is 11.8 Å². The first-order chi connectivity index (χ1) is 14.4. The van der Waals surface area contributed by atoms with E-state index in [2.05, 4.69) is 0 Å². The second-order valence-electron chi connectivity index (χ2n) is 8.42. The summed E-state index contributed by atoms with van der Waals surface area (Å²) in [5, 5.41) is 10.9. The maximum Gasteiger partial charge on any atom is 0.418 e. The molecule has 0 saturated heterocycles. The van der Waals surface area contributed by atoms with Crippen LogP contribution in [-0.4, -0.2) is 37.1 Å². The number of ether oxygens (including phenoxy) is 1. The molecular weight excluding hydrogens is 417 g/mol. The molecule has 2 aromatic carbocycles. The Morgan fingerprint density at radius 2 is 1.68 bits per heavy atom. The van der Waals surface area contributed by atoms with Crippen LogP contribution in [-0.2, 0) is 5.41 Å². The molecule has 0 spiro atoms. The fourth-order valence-electron chi connectivity index (χ4n) is 4.08. The molecule has 3 nitrogen and oxygen atoms in total. The van der Waals surface area contributed by atoms with Crippen LogP contribution in [0, 0.1) is 11.6 Å². The minimum atomic E-state index is -4.99. The van der Waals surface area contributed by atoms with Crippen LogP contribution in [0.4, 0.5) is 27.6 Å². The van der Waals surface area contributed by atoms with Gasteiger partial charge in [0.25, 0.3) is 0 Å². The number of methoxy groups -OCH3 is 1. The molecule has 1 N–H and O–H groups in total. The molecule has 1 unspecified atom stereocenters. The van der Waals surface area contributed by atoms with Crippen LogP contribution in [0.3, 0.4) is 0 Å². The topological polar surface area (TPSA) is 32.7 Å². The van der Waals surface area contributed by atoms with Gasteiger partial charge in [0, 0.05) is 17.8 Å². The second kappa shape index (κ2) is 8.15. The number of hydrogen-bond acceptors (Lipinski definition) is 3. The molecule has 0 aliphatic carbocycles. The van der Waals surface area contributed by atoms with Gasteiger partial charge in [-0.3, -0.25) is 0 Å². The van der Waals surface area contributed by atoms with Gasteiger partial charge in [-0.05, 0) is 47.7 Å². The first kappa shape index (κ1) is 23.1. The number of nitrogens with zero attached hydrogens (tertiary/aromatic N) is 1. The van der Waals surface area contributed by atoms with E-state index in [9.17, 15) is 27.1 Å². The maximum absolute atomic E-state index is 14.1. The van der Waals surface area contributed by atoms with Crippen molar-refractivity contribution in [1.82, 2.24) is 0 Å². The summed E-state index contributed by atoms with van der Waals surface area (Å²) in [6.07, 6.45) is -2.40. The van der Waals surface area contributed by atoms with Gasteiger partial charge in [-0.15, -0.1) is 0 Å². The Hall–Kier alpha value is -2.61. The Labute approximate surface area is 177 Å². The zero-order valence-corrected chi connectivity index (χ0v) is 17.4. The zero-order chi connectivity index (χ0) is 23.0. The minimum absolute atomic E-state index is 0.0819. The molecule has 1 aliphatic rings. The maximum atomic E-state index is 14.1. The van der Waals surface area contributed by atoms with E-state index in [4.69, 9.17) is 4.74 Å². The summed E-state index contributed by atoms with van der Waals surface area (Å²) >= 11 is 0. The second-order valence-corrected chi connectivity index (χ2v) is 8.42. The molecule has 0 saturated carbocycles. The van der Waals surface area contributed by atoms with Gasteiger partial charge >= 0.3 is 6.18 Å². The van der Waals surface area contributed by atoms with Crippen molar-refractivity contribution < 1.29 is 31.8 Å². The molecule has 0 fully saturated rings. The summed E-state index contributed by atoms with van der Waals surface area (Å²) in [6.45, 7) is 2.26. The summed E-state index contributed by atoms with van der Waals surface area (Å²) in [5.41, 5.74) is -3.41. The van der Waals surface area contributed by atoms with Gasteiger partial charge in [-0.2, -0.15) is 13.2 Å². The van der Waals surface area contributed by atoms with Gasteiger partial charge in [0.1, 0.15) is 17.4 Å². The molecular formula is C23H24F5NO2. The molecule has 31 heavy (non-hydrogen) atoms. The van der Waals surface area contributed by atoms with Crippen LogP contribution >= 0.6 is 0 Å². The van der Waals surface area contributed by atoms with E-state index in [1.54, 1.807) is 12.2 Å². The van der Waals surface area contributed by atoms with Gasteiger partial charge in [0.15, 0.2) is 5.60 Å². The predicted octanol–water partition coefficient (Wildman–Crippen LogP) is 5.47. The van der Waals surface area contributed by atoms with Crippen molar-refractivity contribution in [2.75, 3.05) is 25.1 Å². The lowest BCUT2D eigenvalue weighted by molar-refractivity contribution is -0.262. The van der Waals surface area contributed by atoms with Gasteiger partial charge in [0.2, 0.25) is 0 Å². The van der Waals surface area contributed by atoms with Crippen LogP contribution in [0.1, 0.15) is 31.4 Å². The quantitative estimate of drug-likeness (QED) is 0.604. The van der Waals surface area contributed by atoms with Gasteiger partial charge < -0.3 is 14.7 Å². The van der Waals surface area contributed by atoms with E-state index in [1.807, 2.05) is 0 Å². The molecule has 2 aromatic rings. The van der Waals surface area contributed by atoms with Gasteiger partial charge in [-0.25, -0.2) is 8.78 Å². The highest BCUT2D eigenvalue weighted by Crippen LogP contribution is 2.45. The summed E-state index contributed by atoms with van der Waals surface area (Å²) < 4.78 is 75.3. The summed E-state index contributed by atoms with van der Waals surface area (Å²) in [6, 6.07) is 7.46. The Kier molecular flexibility index (Phi) is 6.06. The number of rotatable bonds is 6. The highest BCUT2D eigenvalue weighted by molar-refractivity contribution is 5.71. The third-order valence-corrected chi connectivity index (χ3v) is 5.56. The van der Waals surface area contributed by atoms with Crippen molar-refractivity contribution in [2.24, 2.45) is 0 Å². The molecule has 1 atom stereocenters. The summed E-state index contributed by atoms with van der Waals surface area (Å²) in [5.74, 6) is -0.978. The van der Waals surface area contributed by atoms with Crippen molar-refractivity contribution in [1.29, 1.82) is 0 Å². The van der Waals surface area contributed by atoms with Crippen molar-refractivity contribution in [3.05, 3.63) is 65.2 Å². The van der Waals surface area contributed by atoms with E-state index in [0.29, 0.717) is 5.56 Å². The average Bonchev–Trinajstić information content (AvgIpc) is 2.67. The molecule has 168 valence electrons. The largest absolute Gasteiger partial charge is 0.496 e. The van der Waals surface area contributed by atoms with Crippen molar-refractivity contribution in [2.45, 2.75) is 37.5 Å². The highest BCUT2D eigenvalue weighted by atomic mass is 19.4. The normalized spacial score (nSPS) is 16.1. The predicted molar refractivity (Wildman–Crippen MR) is 109 cm³/mol.